The Kier molecular flexibility index (Phi) is 4.87. The second kappa shape index (κ2) is 7.45. The highest BCUT2D eigenvalue weighted by Gasteiger charge is 2.36. The summed E-state index contributed by atoms with van der Waals surface area (Å²) in [7, 11) is 0. The number of nitrogens with one attached hydrogen (secondary N) is 1. The summed E-state index contributed by atoms with van der Waals surface area (Å²) in [6.45, 7) is -0.121. The predicted molar refractivity (Wildman–Crippen MR) is 94.4 cm³/mol. The molecule has 10 heteroatoms. The number of aromatic nitrogens is 4. The Balaban J connectivity index is 1.64. The molecule has 1 aliphatic heterocycles. The maximum atomic E-state index is 9.39. The van der Waals surface area contributed by atoms with Gasteiger partial charge in [0.15, 0.2) is 17.0 Å². The predicted octanol–water partition coefficient (Wildman–Crippen LogP) is 2.53. The fourth-order valence-corrected chi connectivity index (χ4v) is 3.85. The molecule has 3 unspecified atom stereocenters. The SMILES string of the molecule is [N-]=[N+]=NC1CC(CO)OC1n1cnc2c(NC3CCCCC3)ncnc21. The van der Waals surface area contributed by atoms with Crippen LogP contribution in [-0.4, -0.2) is 49.4 Å². The number of anilines is 1. The highest BCUT2D eigenvalue weighted by Crippen LogP contribution is 2.34. The maximum absolute atomic E-state index is 9.39. The number of fused-ring (bicyclic) bond motifs is 1. The van der Waals surface area contributed by atoms with E-state index in [1.165, 1.54) is 25.6 Å². The molecule has 0 bridgehead atoms. The van der Waals surface area contributed by atoms with Gasteiger partial charge in [0.2, 0.25) is 0 Å². The first-order valence-electron chi connectivity index (χ1n) is 9.04. The Morgan fingerprint density at radius 3 is 2.92 bits per heavy atom. The number of aliphatic hydroxyl groups is 1. The fraction of sp³-hybridized carbons (Fsp3) is 0.688. The third-order valence-electron chi connectivity index (χ3n) is 5.15. The molecule has 0 aromatic carbocycles. The number of ether oxygens (including phenoxy) is 1. The number of hydrogen-bond acceptors (Lipinski definition) is 7. The number of imidazole rings is 1. The monoisotopic (exact) mass is 358 g/mol. The van der Waals surface area contributed by atoms with Crippen LogP contribution >= 0.6 is 0 Å². The smallest absolute Gasteiger partial charge is 0.167 e. The van der Waals surface area contributed by atoms with Gasteiger partial charge < -0.3 is 15.2 Å². The van der Waals surface area contributed by atoms with Gasteiger partial charge in [-0.3, -0.25) is 4.57 Å². The molecule has 138 valence electrons. The molecule has 3 heterocycles. The second-order valence-electron chi connectivity index (χ2n) is 6.86. The molecule has 2 aromatic heterocycles. The van der Waals surface area contributed by atoms with Crippen LogP contribution in [0.1, 0.15) is 44.8 Å². The molecule has 0 spiro atoms. The first-order valence-corrected chi connectivity index (χ1v) is 9.04. The molecule has 0 radical (unpaired) electrons. The third kappa shape index (κ3) is 3.18. The summed E-state index contributed by atoms with van der Waals surface area (Å²) < 4.78 is 7.61. The van der Waals surface area contributed by atoms with E-state index >= 15 is 0 Å². The molecular weight excluding hydrogens is 336 g/mol. The van der Waals surface area contributed by atoms with Crippen molar-refractivity contribution < 1.29 is 9.84 Å². The van der Waals surface area contributed by atoms with Crippen molar-refractivity contribution in [1.29, 1.82) is 0 Å². The van der Waals surface area contributed by atoms with Gasteiger partial charge in [0.1, 0.15) is 12.6 Å². The van der Waals surface area contributed by atoms with Gasteiger partial charge in [-0.25, -0.2) is 15.0 Å². The molecule has 0 amide bonds. The average Bonchev–Trinajstić information content (AvgIpc) is 3.27. The molecule has 4 rings (SSSR count). The highest BCUT2D eigenvalue weighted by atomic mass is 16.5. The minimum atomic E-state index is -0.537. The molecule has 2 aliphatic rings. The third-order valence-corrected chi connectivity index (χ3v) is 5.15. The summed E-state index contributed by atoms with van der Waals surface area (Å²) in [4.78, 5) is 16.1. The maximum Gasteiger partial charge on any atom is 0.167 e. The van der Waals surface area contributed by atoms with Crippen LogP contribution in [0.5, 0.6) is 0 Å². The number of rotatable bonds is 5. The van der Waals surface area contributed by atoms with Crippen molar-refractivity contribution in [2.75, 3.05) is 11.9 Å². The first-order chi connectivity index (χ1) is 12.8. The number of nitrogens with zero attached hydrogens (tertiary/aromatic N) is 7. The zero-order chi connectivity index (χ0) is 17.9. The molecule has 2 N–H and O–H groups in total. The molecule has 26 heavy (non-hydrogen) atoms. The van der Waals surface area contributed by atoms with E-state index in [1.807, 2.05) is 0 Å². The number of hydrogen-bond donors (Lipinski definition) is 2. The van der Waals surface area contributed by atoms with E-state index in [1.54, 1.807) is 10.9 Å². The van der Waals surface area contributed by atoms with Crippen LogP contribution < -0.4 is 5.32 Å². The van der Waals surface area contributed by atoms with Crippen molar-refractivity contribution in [3.8, 4) is 0 Å². The molecule has 10 nitrogen and oxygen atoms in total. The number of aliphatic hydroxyl groups excluding tert-OH is 1. The summed E-state index contributed by atoms with van der Waals surface area (Å²) in [6.07, 6.45) is 8.72. The van der Waals surface area contributed by atoms with Crippen molar-refractivity contribution in [1.82, 2.24) is 19.5 Å². The van der Waals surface area contributed by atoms with Crippen molar-refractivity contribution in [3.05, 3.63) is 23.1 Å². The first kappa shape index (κ1) is 17.0. The van der Waals surface area contributed by atoms with Crippen molar-refractivity contribution in [3.63, 3.8) is 0 Å². The van der Waals surface area contributed by atoms with Crippen LogP contribution in [0.4, 0.5) is 5.82 Å². The lowest BCUT2D eigenvalue weighted by Gasteiger charge is -2.23. The normalized spacial score (nSPS) is 26.7. The van der Waals surface area contributed by atoms with E-state index in [0.717, 1.165) is 18.7 Å². The van der Waals surface area contributed by atoms with Crippen molar-refractivity contribution in [2.45, 2.75) is 62.9 Å². The van der Waals surface area contributed by atoms with Crippen LogP contribution in [0.15, 0.2) is 17.8 Å². The van der Waals surface area contributed by atoms with Gasteiger partial charge in [0, 0.05) is 11.0 Å². The Morgan fingerprint density at radius 1 is 1.31 bits per heavy atom. The molecule has 1 aliphatic carbocycles. The Bertz CT molecular complexity index is 812. The average molecular weight is 358 g/mol. The van der Waals surface area contributed by atoms with Crippen LogP contribution in [0.3, 0.4) is 0 Å². The topological polar surface area (TPSA) is 134 Å². The van der Waals surface area contributed by atoms with E-state index < -0.39 is 12.3 Å². The Hall–Kier alpha value is -2.42. The minimum absolute atomic E-state index is 0.121. The van der Waals surface area contributed by atoms with E-state index in [9.17, 15) is 5.11 Å². The molecule has 1 saturated carbocycles. The Morgan fingerprint density at radius 2 is 2.15 bits per heavy atom. The van der Waals surface area contributed by atoms with E-state index in [0.29, 0.717) is 23.6 Å². The fourth-order valence-electron chi connectivity index (χ4n) is 3.85. The van der Waals surface area contributed by atoms with Gasteiger partial charge in [0.25, 0.3) is 0 Å². The molecule has 2 fully saturated rings. The summed E-state index contributed by atoms with van der Waals surface area (Å²) >= 11 is 0. The zero-order valence-electron chi connectivity index (χ0n) is 14.4. The standard InChI is InChI=1S/C16H22N8O2/c17-23-22-12-6-11(7-25)26-16(12)24-9-20-13-14(18-8-19-15(13)24)21-10-4-2-1-3-5-10/h8-12,16,25H,1-7H2,(H,18,19,21). The summed E-state index contributed by atoms with van der Waals surface area (Å²) in [5.41, 5.74) is 10.1. The van der Waals surface area contributed by atoms with Gasteiger partial charge >= 0.3 is 0 Å². The van der Waals surface area contributed by atoms with Crippen LogP contribution in [0.2, 0.25) is 0 Å². The van der Waals surface area contributed by atoms with Crippen LogP contribution in [-0.2, 0) is 4.74 Å². The molecule has 3 atom stereocenters. The van der Waals surface area contributed by atoms with Gasteiger partial charge in [-0.05, 0) is 24.8 Å². The zero-order valence-corrected chi connectivity index (χ0v) is 14.4. The van der Waals surface area contributed by atoms with Gasteiger partial charge in [-0.1, -0.05) is 24.4 Å². The lowest BCUT2D eigenvalue weighted by Crippen LogP contribution is -2.23. The molecular formula is C16H22N8O2. The molecule has 1 saturated heterocycles. The van der Waals surface area contributed by atoms with Crippen molar-refractivity contribution in [2.24, 2.45) is 5.11 Å². The summed E-state index contributed by atoms with van der Waals surface area (Å²) in [5, 5.41) is 16.7. The van der Waals surface area contributed by atoms with E-state index in [4.69, 9.17) is 10.3 Å². The lowest BCUT2D eigenvalue weighted by atomic mass is 9.95. The van der Waals surface area contributed by atoms with Gasteiger partial charge in [-0.15, -0.1) is 0 Å². The van der Waals surface area contributed by atoms with E-state index in [-0.39, 0.29) is 12.7 Å². The van der Waals surface area contributed by atoms with Crippen LogP contribution in [0, 0.1) is 0 Å². The summed E-state index contributed by atoms with van der Waals surface area (Å²) in [6, 6.07) is -0.0105. The second-order valence-corrected chi connectivity index (χ2v) is 6.86. The largest absolute Gasteiger partial charge is 0.394 e. The van der Waals surface area contributed by atoms with Gasteiger partial charge in [-0.2, -0.15) is 0 Å². The van der Waals surface area contributed by atoms with E-state index in [2.05, 4.69) is 30.3 Å². The lowest BCUT2D eigenvalue weighted by molar-refractivity contribution is -0.0238. The van der Waals surface area contributed by atoms with Crippen molar-refractivity contribution >= 4 is 17.0 Å². The van der Waals surface area contributed by atoms with Crippen LogP contribution in [0.25, 0.3) is 21.6 Å². The Labute approximate surface area is 150 Å². The van der Waals surface area contributed by atoms with Gasteiger partial charge in [0.05, 0.1) is 25.1 Å². The number of azide groups is 1. The highest BCUT2D eigenvalue weighted by molar-refractivity contribution is 5.82. The molecule has 2 aromatic rings. The summed E-state index contributed by atoms with van der Waals surface area (Å²) in [5.74, 6) is 0.720. The minimum Gasteiger partial charge on any atom is -0.394 e. The quantitative estimate of drug-likeness (QED) is 0.479.